The highest BCUT2D eigenvalue weighted by Gasteiger charge is 2.18. The van der Waals surface area contributed by atoms with Crippen LogP contribution in [0.5, 0.6) is 0 Å². The number of methoxy groups -OCH3 is 1. The van der Waals surface area contributed by atoms with Crippen LogP contribution in [0.25, 0.3) is 0 Å². The van der Waals surface area contributed by atoms with Gasteiger partial charge in [-0.3, -0.25) is 0 Å². The van der Waals surface area contributed by atoms with Gasteiger partial charge >= 0.3 is 0 Å². The molecule has 0 radical (unpaired) electrons. The Morgan fingerprint density at radius 1 is 1.57 bits per heavy atom. The maximum absolute atomic E-state index is 9.14. The van der Waals surface area contributed by atoms with Crippen LogP contribution in [0.1, 0.15) is 32.6 Å². The Hall–Kier alpha value is -0.120. The van der Waals surface area contributed by atoms with Crippen molar-refractivity contribution in [3.63, 3.8) is 0 Å². The Morgan fingerprint density at radius 2 is 2.36 bits per heavy atom. The highest BCUT2D eigenvalue weighted by molar-refractivity contribution is 4.72. The van der Waals surface area contributed by atoms with Gasteiger partial charge in [0.25, 0.3) is 0 Å². The van der Waals surface area contributed by atoms with Crippen molar-refractivity contribution in [3.05, 3.63) is 0 Å². The summed E-state index contributed by atoms with van der Waals surface area (Å²) in [6, 6.07) is 0. The summed E-state index contributed by atoms with van der Waals surface area (Å²) in [7, 11) is 1.80. The Morgan fingerprint density at radius 3 is 3.00 bits per heavy atom. The molecule has 14 heavy (non-hydrogen) atoms. The van der Waals surface area contributed by atoms with E-state index in [1.807, 2.05) is 6.92 Å². The first-order chi connectivity index (χ1) is 6.72. The smallest absolute Gasteiger partial charge is 0.0698 e. The minimum atomic E-state index is -0.155. The zero-order valence-electron chi connectivity index (χ0n) is 9.41. The van der Waals surface area contributed by atoms with Gasteiger partial charge in [-0.1, -0.05) is 0 Å². The molecule has 1 aliphatic rings. The molecule has 0 saturated carbocycles. The molecule has 2 atom stereocenters. The molecule has 0 aliphatic carbocycles. The van der Waals surface area contributed by atoms with Crippen molar-refractivity contribution in [2.45, 2.75) is 44.8 Å². The largest absolute Gasteiger partial charge is 0.393 e. The summed E-state index contributed by atoms with van der Waals surface area (Å²) in [5, 5.41) is 9.14. The van der Waals surface area contributed by atoms with Crippen molar-refractivity contribution in [1.82, 2.24) is 4.90 Å². The predicted octanol–water partition coefficient (Wildman–Crippen LogP) is 1.26. The van der Waals surface area contributed by atoms with E-state index in [-0.39, 0.29) is 6.10 Å². The lowest BCUT2D eigenvalue weighted by Gasteiger charge is -2.31. The summed E-state index contributed by atoms with van der Waals surface area (Å²) in [6.45, 7) is 5.22. The van der Waals surface area contributed by atoms with Gasteiger partial charge in [-0.15, -0.1) is 0 Å². The Balaban J connectivity index is 2.11. The number of aliphatic hydroxyl groups excluding tert-OH is 1. The Labute approximate surface area is 87.1 Å². The number of likely N-dealkylation sites (tertiary alicyclic amines) is 1. The van der Waals surface area contributed by atoms with Crippen molar-refractivity contribution >= 4 is 0 Å². The van der Waals surface area contributed by atoms with Gasteiger partial charge in [0.1, 0.15) is 0 Å². The molecule has 84 valence electrons. The standard InChI is InChI=1S/C11H23NO2/c1-10(13)5-3-7-12-8-4-6-11(9-12)14-2/h10-11,13H,3-9H2,1-2H3. The third kappa shape index (κ3) is 4.40. The summed E-state index contributed by atoms with van der Waals surface area (Å²) < 4.78 is 5.36. The molecule has 3 heteroatoms. The SMILES string of the molecule is COC1CCCN(CCCC(C)O)C1. The lowest BCUT2D eigenvalue weighted by Crippen LogP contribution is -2.39. The number of piperidine rings is 1. The van der Waals surface area contributed by atoms with Crippen LogP contribution >= 0.6 is 0 Å². The van der Waals surface area contributed by atoms with E-state index in [2.05, 4.69) is 4.90 Å². The summed E-state index contributed by atoms with van der Waals surface area (Å²) in [6.07, 6.45) is 4.71. The van der Waals surface area contributed by atoms with Crippen molar-refractivity contribution in [1.29, 1.82) is 0 Å². The quantitative estimate of drug-likeness (QED) is 0.727. The highest BCUT2D eigenvalue weighted by Crippen LogP contribution is 2.13. The van der Waals surface area contributed by atoms with E-state index in [9.17, 15) is 0 Å². The molecule has 0 aromatic rings. The van der Waals surface area contributed by atoms with Gasteiger partial charge < -0.3 is 14.7 Å². The van der Waals surface area contributed by atoms with E-state index >= 15 is 0 Å². The molecule has 0 aromatic carbocycles. The van der Waals surface area contributed by atoms with E-state index < -0.39 is 0 Å². The van der Waals surface area contributed by atoms with Gasteiger partial charge in [-0.05, 0) is 45.7 Å². The fourth-order valence-corrected chi connectivity index (χ4v) is 2.02. The van der Waals surface area contributed by atoms with Crippen LogP contribution in [-0.4, -0.2) is 49.0 Å². The molecule has 0 amide bonds. The summed E-state index contributed by atoms with van der Waals surface area (Å²) in [5.41, 5.74) is 0. The number of ether oxygens (including phenoxy) is 1. The van der Waals surface area contributed by atoms with Crippen LogP contribution in [0.3, 0.4) is 0 Å². The van der Waals surface area contributed by atoms with Crippen LogP contribution in [0.4, 0.5) is 0 Å². The van der Waals surface area contributed by atoms with Gasteiger partial charge in [-0.2, -0.15) is 0 Å². The maximum Gasteiger partial charge on any atom is 0.0698 e. The lowest BCUT2D eigenvalue weighted by atomic mass is 10.1. The number of hydrogen-bond donors (Lipinski definition) is 1. The molecule has 0 spiro atoms. The van der Waals surface area contributed by atoms with E-state index in [0.29, 0.717) is 6.10 Å². The summed E-state index contributed by atoms with van der Waals surface area (Å²) >= 11 is 0. The molecule has 1 rings (SSSR count). The molecule has 0 bridgehead atoms. The second-order valence-corrected chi connectivity index (χ2v) is 4.29. The minimum absolute atomic E-state index is 0.155. The van der Waals surface area contributed by atoms with Crippen LogP contribution in [-0.2, 0) is 4.74 Å². The van der Waals surface area contributed by atoms with Gasteiger partial charge in [-0.25, -0.2) is 0 Å². The topological polar surface area (TPSA) is 32.7 Å². The van der Waals surface area contributed by atoms with Crippen molar-refractivity contribution in [2.24, 2.45) is 0 Å². The molecular weight excluding hydrogens is 178 g/mol. The van der Waals surface area contributed by atoms with E-state index in [1.54, 1.807) is 7.11 Å². The zero-order chi connectivity index (χ0) is 10.4. The predicted molar refractivity (Wildman–Crippen MR) is 57.4 cm³/mol. The fraction of sp³-hybridized carbons (Fsp3) is 1.00. The van der Waals surface area contributed by atoms with Crippen molar-refractivity contribution in [3.8, 4) is 0 Å². The average Bonchev–Trinajstić information content (AvgIpc) is 2.18. The maximum atomic E-state index is 9.14. The van der Waals surface area contributed by atoms with E-state index in [1.165, 1.54) is 19.4 Å². The van der Waals surface area contributed by atoms with Crippen LogP contribution in [0.2, 0.25) is 0 Å². The van der Waals surface area contributed by atoms with Gasteiger partial charge in [0.15, 0.2) is 0 Å². The second kappa shape index (κ2) is 6.38. The molecule has 0 aromatic heterocycles. The summed E-state index contributed by atoms with van der Waals surface area (Å²) in [5.74, 6) is 0. The van der Waals surface area contributed by atoms with Crippen LogP contribution < -0.4 is 0 Å². The van der Waals surface area contributed by atoms with Crippen molar-refractivity contribution in [2.75, 3.05) is 26.7 Å². The highest BCUT2D eigenvalue weighted by atomic mass is 16.5. The normalized spacial score (nSPS) is 26.4. The average molecular weight is 201 g/mol. The lowest BCUT2D eigenvalue weighted by molar-refractivity contribution is 0.0297. The fourth-order valence-electron chi connectivity index (χ4n) is 2.02. The number of hydrogen-bond acceptors (Lipinski definition) is 3. The molecule has 2 unspecified atom stereocenters. The second-order valence-electron chi connectivity index (χ2n) is 4.29. The molecular formula is C11H23NO2. The first kappa shape index (κ1) is 12.0. The van der Waals surface area contributed by atoms with Crippen molar-refractivity contribution < 1.29 is 9.84 Å². The molecule has 3 nitrogen and oxygen atoms in total. The number of rotatable bonds is 5. The molecule has 1 N–H and O–H groups in total. The van der Waals surface area contributed by atoms with Gasteiger partial charge in [0, 0.05) is 13.7 Å². The Bertz CT molecular complexity index is 150. The third-order valence-electron chi connectivity index (χ3n) is 2.89. The molecule has 1 saturated heterocycles. The third-order valence-corrected chi connectivity index (χ3v) is 2.89. The van der Waals surface area contributed by atoms with E-state index in [4.69, 9.17) is 9.84 Å². The monoisotopic (exact) mass is 201 g/mol. The summed E-state index contributed by atoms with van der Waals surface area (Å²) in [4.78, 5) is 2.44. The van der Waals surface area contributed by atoms with E-state index in [0.717, 1.165) is 25.9 Å². The number of aliphatic hydroxyl groups is 1. The minimum Gasteiger partial charge on any atom is -0.393 e. The molecule has 1 fully saturated rings. The number of nitrogens with zero attached hydrogens (tertiary/aromatic N) is 1. The first-order valence-electron chi connectivity index (χ1n) is 5.65. The van der Waals surface area contributed by atoms with Gasteiger partial charge in [0.05, 0.1) is 12.2 Å². The Kier molecular flexibility index (Phi) is 5.45. The zero-order valence-corrected chi connectivity index (χ0v) is 9.41. The molecule has 1 aliphatic heterocycles. The van der Waals surface area contributed by atoms with Crippen LogP contribution in [0, 0.1) is 0 Å². The van der Waals surface area contributed by atoms with Gasteiger partial charge in [0.2, 0.25) is 0 Å². The first-order valence-corrected chi connectivity index (χ1v) is 5.65. The van der Waals surface area contributed by atoms with Crippen LogP contribution in [0.15, 0.2) is 0 Å². The molecule has 1 heterocycles.